The van der Waals surface area contributed by atoms with E-state index in [0.29, 0.717) is 38.1 Å². The number of nitrogens with zero attached hydrogens (tertiary/aromatic N) is 2. The van der Waals surface area contributed by atoms with Gasteiger partial charge in [0, 0.05) is 32.1 Å². The van der Waals surface area contributed by atoms with Crippen LogP contribution in [0.25, 0.3) is 0 Å². The number of fused-ring (bicyclic) bond motifs is 6. The predicted octanol–water partition coefficient (Wildman–Crippen LogP) is 1.91. The van der Waals surface area contributed by atoms with Crippen molar-refractivity contribution in [3.63, 3.8) is 0 Å². The molecule has 5 rings (SSSR count). The molecular formula is C24H30N4O3. The molecule has 2 amide bonds. The fourth-order valence-electron chi connectivity index (χ4n) is 5.62. The zero-order valence-corrected chi connectivity index (χ0v) is 17.9. The topological polar surface area (TPSA) is 83.0 Å². The summed E-state index contributed by atoms with van der Waals surface area (Å²) in [6.07, 6.45) is 6.16. The number of allylic oxidation sites excluding steroid dienone is 2. The highest BCUT2D eigenvalue weighted by Crippen LogP contribution is 2.52. The van der Waals surface area contributed by atoms with Crippen molar-refractivity contribution in [3.8, 4) is 5.75 Å². The summed E-state index contributed by atoms with van der Waals surface area (Å²) in [5, 5.41) is 6.57. The standard InChI is InChI=1S/C24H30N4O3/c1-2-25-24(27-14-17-9-12-31-19-6-4-3-5-18(17)19)26-10-11-28-22(29)20-15-7-8-16(13-15)21(20)23(28)30/h3-8,15-17,20-21H,2,9-14H2,1H3,(H2,25,26,27). The van der Waals surface area contributed by atoms with E-state index >= 15 is 0 Å². The summed E-state index contributed by atoms with van der Waals surface area (Å²) in [6.45, 7) is 5.02. The van der Waals surface area contributed by atoms with Crippen molar-refractivity contribution < 1.29 is 14.3 Å². The Morgan fingerprint density at radius 3 is 2.61 bits per heavy atom. The van der Waals surface area contributed by atoms with Crippen molar-refractivity contribution in [1.29, 1.82) is 0 Å². The molecule has 2 fully saturated rings. The maximum Gasteiger partial charge on any atom is 0.233 e. The van der Waals surface area contributed by atoms with Gasteiger partial charge in [0.2, 0.25) is 11.8 Å². The number of nitrogens with one attached hydrogen (secondary N) is 2. The first kappa shape index (κ1) is 20.1. The number of carbonyl (C=O) groups is 2. The van der Waals surface area contributed by atoms with Crippen LogP contribution in [0.2, 0.25) is 0 Å². The molecule has 1 aromatic carbocycles. The lowest BCUT2D eigenvalue weighted by Crippen LogP contribution is -2.44. The molecule has 0 aromatic heterocycles. The summed E-state index contributed by atoms with van der Waals surface area (Å²) in [7, 11) is 0. The SMILES string of the molecule is CCNC(=NCC1CCOc2ccccc21)NCCN1C(=O)C2C3C=CC(C3)C2C1=O. The smallest absolute Gasteiger partial charge is 0.233 e. The van der Waals surface area contributed by atoms with E-state index in [0.717, 1.165) is 25.1 Å². The van der Waals surface area contributed by atoms with Gasteiger partial charge in [-0.3, -0.25) is 19.5 Å². The summed E-state index contributed by atoms with van der Waals surface area (Å²) in [4.78, 5) is 31.9. The van der Waals surface area contributed by atoms with Gasteiger partial charge in [-0.25, -0.2) is 0 Å². The Kier molecular flexibility index (Phi) is 5.42. The molecule has 2 aliphatic heterocycles. The molecule has 2 N–H and O–H groups in total. The van der Waals surface area contributed by atoms with Crippen LogP contribution in [0.3, 0.4) is 0 Å². The van der Waals surface area contributed by atoms with Crippen molar-refractivity contribution in [2.24, 2.45) is 28.7 Å². The van der Waals surface area contributed by atoms with E-state index in [4.69, 9.17) is 9.73 Å². The van der Waals surface area contributed by atoms with E-state index in [1.165, 1.54) is 10.5 Å². The van der Waals surface area contributed by atoms with E-state index < -0.39 is 0 Å². The van der Waals surface area contributed by atoms with E-state index in [1.54, 1.807) is 0 Å². The Balaban J connectivity index is 1.18. The van der Waals surface area contributed by atoms with Gasteiger partial charge >= 0.3 is 0 Å². The van der Waals surface area contributed by atoms with Gasteiger partial charge in [-0.1, -0.05) is 30.4 Å². The number of hydrogen-bond donors (Lipinski definition) is 2. The predicted molar refractivity (Wildman–Crippen MR) is 118 cm³/mol. The number of hydrogen-bond acceptors (Lipinski definition) is 4. The van der Waals surface area contributed by atoms with Crippen LogP contribution in [0.5, 0.6) is 5.75 Å². The minimum Gasteiger partial charge on any atom is -0.493 e. The van der Waals surface area contributed by atoms with E-state index in [-0.39, 0.29) is 35.5 Å². The van der Waals surface area contributed by atoms with Crippen molar-refractivity contribution in [2.75, 3.05) is 32.8 Å². The molecule has 5 atom stereocenters. The lowest BCUT2D eigenvalue weighted by atomic mass is 9.85. The van der Waals surface area contributed by atoms with Crippen molar-refractivity contribution in [1.82, 2.24) is 15.5 Å². The average Bonchev–Trinajstić information content (AvgIpc) is 3.47. The second-order valence-electron chi connectivity index (χ2n) is 8.85. The van der Waals surface area contributed by atoms with Crippen LogP contribution in [-0.2, 0) is 9.59 Å². The molecule has 7 heteroatoms. The third kappa shape index (κ3) is 3.60. The lowest BCUT2D eigenvalue weighted by Gasteiger charge is -2.25. The number of ether oxygens (including phenoxy) is 1. The largest absolute Gasteiger partial charge is 0.493 e. The van der Waals surface area contributed by atoms with Crippen LogP contribution < -0.4 is 15.4 Å². The summed E-state index contributed by atoms with van der Waals surface area (Å²) < 4.78 is 5.75. The van der Waals surface area contributed by atoms with Gasteiger partial charge in [0.05, 0.1) is 18.4 Å². The summed E-state index contributed by atoms with van der Waals surface area (Å²) in [6, 6.07) is 8.15. The highest BCUT2D eigenvalue weighted by atomic mass is 16.5. The summed E-state index contributed by atoms with van der Waals surface area (Å²) in [5.41, 5.74) is 1.20. The van der Waals surface area contributed by atoms with E-state index in [1.807, 2.05) is 25.1 Å². The second-order valence-corrected chi connectivity index (χ2v) is 8.85. The fourth-order valence-corrected chi connectivity index (χ4v) is 5.62. The molecule has 2 aliphatic carbocycles. The Labute approximate surface area is 182 Å². The maximum atomic E-state index is 12.8. The number of rotatable bonds is 6. The van der Waals surface area contributed by atoms with Gasteiger partial charge in [-0.15, -0.1) is 0 Å². The molecule has 164 valence electrons. The van der Waals surface area contributed by atoms with Gasteiger partial charge in [-0.05, 0) is 43.2 Å². The molecule has 2 heterocycles. The van der Waals surface area contributed by atoms with Crippen LogP contribution in [0, 0.1) is 23.7 Å². The first-order valence-electron chi connectivity index (χ1n) is 11.4. The molecule has 31 heavy (non-hydrogen) atoms. The average molecular weight is 423 g/mol. The Hall–Kier alpha value is -2.83. The van der Waals surface area contributed by atoms with Gasteiger partial charge in [0.25, 0.3) is 0 Å². The minimum absolute atomic E-state index is 0.00871. The molecule has 0 radical (unpaired) electrons. The van der Waals surface area contributed by atoms with E-state index in [9.17, 15) is 9.59 Å². The van der Waals surface area contributed by atoms with Crippen LogP contribution in [0.15, 0.2) is 41.4 Å². The van der Waals surface area contributed by atoms with Crippen molar-refractivity contribution >= 4 is 17.8 Å². The lowest BCUT2D eigenvalue weighted by molar-refractivity contribution is -0.140. The Morgan fingerprint density at radius 1 is 1.13 bits per heavy atom. The fraction of sp³-hybridized carbons (Fsp3) is 0.542. The van der Waals surface area contributed by atoms with Crippen LogP contribution in [-0.4, -0.2) is 55.5 Å². The number of carbonyl (C=O) groups excluding carboxylic acids is 2. The first-order valence-corrected chi connectivity index (χ1v) is 11.4. The number of para-hydroxylation sites is 1. The number of imide groups is 1. The number of aliphatic imine (C=N–C) groups is 1. The number of benzene rings is 1. The zero-order chi connectivity index (χ0) is 21.4. The van der Waals surface area contributed by atoms with Gasteiger partial charge in [-0.2, -0.15) is 0 Å². The molecule has 4 aliphatic rings. The molecule has 1 aromatic rings. The summed E-state index contributed by atoms with van der Waals surface area (Å²) in [5.74, 6) is 2.26. The van der Waals surface area contributed by atoms with Gasteiger partial charge in [0.15, 0.2) is 5.96 Å². The van der Waals surface area contributed by atoms with Crippen molar-refractivity contribution in [3.05, 3.63) is 42.0 Å². The van der Waals surface area contributed by atoms with Gasteiger partial charge in [0.1, 0.15) is 5.75 Å². The third-order valence-electron chi connectivity index (χ3n) is 7.09. The Morgan fingerprint density at radius 2 is 1.87 bits per heavy atom. The highest BCUT2D eigenvalue weighted by molar-refractivity contribution is 6.06. The number of likely N-dealkylation sites (tertiary alicyclic amines) is 1. The minimum atomic E-state index is -0.127. The molecular weight excluding hydrogens is 392 g/mol. The molecule has 5 unspecified atom stereocenters. The van der Waals surface area contributed by atoms with Crippen LogP contribution in [0.4, 0.5) is 0 Å². The first-order chi connectivity index (χ1) is 15.2. The Bertz CT molecular complexity index is 897. The molecule has 1 saturated carbocycles. The number of guanidine groups is 1. The third-order valence-corrected chi connectivity index (χ3v) is 7.09. The normalized spacial score (nSPS) is 30.9. The number of amides is 2. The maximum absolute atomic E-state index is 12.8. The molecule has 7 nitrogen and oxygen atoms in total. The zero-order valence-electron chi connectivity index (χ0n) is 17.9. The molecule has 0 spiro atoms. The monoisotopic (exact) mass is 422 g/mol. The van der Waals surface area contributed by atoms with Crippen LogP contribution in [0.1, 0.15) is 31.2 Å². The van der Waals surface area contributed by atoms with E-state index in [2.05, 4.69) is 28.9 Å². The quantitative estimate of drug-likeness (QED) is 0.317. The molecule has 1 saturated heterocycles. The van der Waals surface area contributed by atoms with Crippen molar-refractivity contribution in [2.45, 2.75) is 25.7 Å². The van der Waals surface area contributed by atoms with Crippen LogP contribution >= 0.6 is 0 Å². The second kappa shape index (κ2) is 8.36. The summed E-state index contributed by atoms with van der Waals surface area (Å²) >= 11 is 0. The molecule has 2 bridgehead atoms. The highest BCUT2D eigenvalue weighted by Gasteiger charge is 2.58. The van der Waals surface area contributed by atoms with Gasteiger partial charge < -0.3 is 15.4 Å².